The lowest BCUT2D eigenvalue weighted by Crippen LogP contribution is -2.26. The van der Waals surface area contributed by atoms with Crippen molar-refractivity contribution in [3.8, 4) is 11.8 Å². The molecule has 2 N–H and O–H groups in total. The first kappa shape index (κ1) is 19.5. The molecule has 3 aromatic rings. The zero-order valence-corrected chi connectivity index (χ0v) is 15.5. The van der Waals surface area contributed by atoms with Gasteiger partial charge in [0, 0.05) is 11.1 Å². The highest BCUT2D eigenvalue weighted by Crippen LogP contribution is 2.16. The summed E-state index contributed by atoms with van der Waals surface area (Å²) in [4.78, 5) is 37.5. The minimum Gasteiger partial charge on any atom is -0.452 e. The van der Waals surface area contributed by atoms with E-state index in [4.69, 9.17) is 15.7 Å². The molecule has 144 valence electrons. The summed E-state index contributed by atoms with van der Waals surface area (Å²) in [5, 5.41) is 13.7. The lowest BCUT2D eigenvalue weighted by molar-refractivity contribution is -0.118. The van der Waals surface area contributed by atoms with E-state index in [1.165, 1.54) is 6.92 Å². The van der Waals surface area contributed by atoms with Gasteiger partial charge in [0.15, 0.2) is 12.3 Å². The molecule has 2 aromatic carbocycles. The number of fused-ring (bicyclic) bond motifs is 1. The van der Waals surface area contributed by atoms with Gasteiger partial charge < -0.3 is 10.5 Å². The number of para-hydroxylation sites is 1. The molecule has 0 atom stereocenters. The Kier molecular flexibility index (Phi) is 5.51. The van der Waals surface area contributed by atoms with E-state index in [1.54, 1.807) is 60.7 Å². The van der Waals surface area contributed by atoms with Crippen LogP contribution in [0.3, 0.4) is 0 Å². The van der Waals surface area contributed by atoms with Crippen LogP contribution in [0.4, 0.5) is 0 Å². The number of nitrogens with zero attached hydrogens (tertiary/aromatic N) is 3. The third-order valence-electron chi connectivity index (χ3n) is 4.12. The number of ether oxygens (including phenoxy) is 1. The Morgan fingerprint density at radius 1 is 1.10 bits per heavy atom. The predicted molar refractivity (Wildman–Crippen MR) is 105 cm³/mol. The summed E-state index contributed by atoms with van der Waals surface area (Å²) >= 11 is 0. The lowest BCUT2D eigenvalue weighted by Gasteiger charge is -2.10. The van der Waals surface area contributed by atoms with Crippen molar-refractivity contribution >= 4 is 22.5 Å². The molecule has 0 aliphatic carbocycles. The maximum atomic E-state index is 12.8. The van der Waals surface area contributed by atoms with Gasteiger partial charge in [0.05, 0.1) is 11.1 Å². The van der Waals surface area contributed by atoms with Gasteiger partial charge in [-0.25, -0.2) is 4.79 Å². The van der Waals surface area contributed by atoms with Gasteiger partial charge in [-0.15, -0.1) is 0 Å². The molecule has 0 radical (unpaired) electrons. The van der Waals surface area contributed by atoms with E-state index in [0.29, 0.717) is 11.1 Å². The fraction of sp³-hybridized carbons (Fsp3) is 0.0952. The van der Waals surface area contributed by atoms with Gasteiger partial charge in [-0.1, -0.05) is 36.4 Å². The SMILES string of the molecule is CC(N)=C(C#N)C(=O)COC(=O)c1nn(-c2ccccc2)c(=O)c2ccccc12. The normalized spacial score (nSPS) is 11.4. The molecule has 0 bridgehead atoms. The van der Waals surface area contributed by atoms with Crippen LogP contribution in [-0.4, -0.2) is 28.1 Å². The average Bonchev–Trinajstić information content (AvgIpc) is 2.73. The Morgan fingerprint density at radius 3 is 2.34 bits per heavy atom. The monoisotopic (exact) mass is 388 g/mol. The van der Waals surface area contributed by atoms with Gasteiger partial charge in [-0.05, 0) is 25.1 Å². The number of carbonyl (C=O) groups excluding carboxylic acids is 2. The van der Waals surface area contributed by atoms with E-state index in [-0.39, 0.29) is 22.4 Å². The van der Waals surface area contributed by atoms with E-state index in [0.717, 1.165) is 4.68 Å². The van der Waals surface area contributed by atoms with Crippen LogP contribution in [-0.2, 0) is 9.53 Å². The van der Waals surface area contributed by atoms with Crippen LogP contribution in [0.5, 0.6) is 0 Å². The summed E-state index contributed by atoms with van der Waals surface area (Å²) in [7, 11) is 0. The summed E-state index contributed by atoms with van der Waals surface area (Å²) in [6, 6.07) is 16.8. The number of aromatic nitrogens is 2. The van der Waals surface area contributed by atoms with Crippen molar-refractivity contribution in [1.82, 2.24) is 9.78 Å². The highest BCUT2D eigenvalue weighted by molar-refractivity contribution is 6.05. The molecule has 1 heterocycles. The quantitative estimate of drug-likeness (QED) is 0.401. The molecular formula is C21H16N4O4. The van der Waals surface area contributed by atoms with Crippen LogP contribution in [0.1, 0.15) is 17.4 Å². The second kappa shape index (κ2) is 8.19. The standard InChI is InChI=1S/C21H16N4O4/c1-13(23)17(11-22)18(26)12-29-21(28)19-15-9-5-6-10-16(15)20(27)25(24-19)14-7-3-2-4-8-14/h2-10H,12,23H2,1H3. The molecule has 8 nitrogen and oxygen atoms in total. The molecule has 0 spiro atoms. The molecule has 0 saturated heterocycles. The number of benzene rings is 2. The zero-order valence-electron chi connectivity index (χ0n) is 15.5. The summed E-state index contributed by atoms with van der Waals surface area (Å²) in [6.07, 6.45) is 0. The van der Waals surface area contributed by atoms with Crippen molar-refractivity contribution in [3.05, 3.63) is 81.9 Å². The van der Waals surface area contributed by atoms with E-state index in [1.807, 2.05) is 0 Å². The maximum absolute atomic E-state index is 12.8. The number of allylic oxidation sites excluding steroid dienone is 1. The van der Waals surface area contributed by atoms with Crippen molar-refractivity contribution in [3.63, 3.8) is 0 Å². The molecular weight excluding hydrogens is 372 g/mol. The molecule has 0 aliphatic heterocycles. The summed E-state index contributed by atoms with van der Waals surface area (Å²) < 4.78 is 6.16. The Hall–Kier alpha value is -4.25. The van der Waals surface area contributed by atoms with Crippen LogP contribution < -0.4 is 11.3 Å². The minimum atomic E-state index is -0.897. The van der Waals surface area contributed by atoms with Crippen LogP contribution in [0.2, 0.25) is 0 Å². The van der Waals surface area contributed by atoms with Gasteiger partial charge in [0.2, 0.25) is 5.78 Å². The number of hydrogen-bond acceptors (Lipinski definition) is 7. The molecule has 8 heteroatoms. The van der Waals surface area contributed by atoms with Gasteiger partial charge in [0.25, 0.3) is 5.56 Å². The zero-order chi connectivity index (χ0) is 21.0. The highest BCUT2D eigenvalue weighted by atomic mass is 16.5. The first-order chi connectivity index (χ1) is 13.9. The Balaban J connectivity index is 2.03. The van der Waals surface area contributed by atoms with E-state index >= 15 is 0 Å². The molecule has 0 aliphatic rings. The number of Topliss-reactive ketones (excluding diaryl/α,β-unsaturated/α-hetero) is 1. The fourth-order valence-electron chi connectivity index (χ4n) is 2.73. The summed E-state index contributed by atoms with van der Waals surface area (Å²) in [6.45, 7) is 0.736. The van der Waals surface area contributed by atoms with E-state index in [2.05, 4.69) is 5.10 Å². The molecule has 0 fully saturated rings. The Bertz CT molecular complexity index is 1230. The van der Waals surface area contributed by atoms with E-state index in [9.17, 15) is 14.4 Å². The fourth-order valence-corrected chi connectivity index (χ4v) is 2.73. The van der Waals surface area contributed by atoms with Crippen LogP contribution in [0, 0.1) is 11.3 Å². The predicted octanol–water partition coefficient (Wildman–Crippen LogP) is 1.87. The number of hydrogen-bond donors (Lipinski definition) is 1. The van der Waals surface area contributed by atoms with Crippen molar-refractivity contribution in [2.24, 2.45) is 5.73 Å². The van der Waals surface area contributed by atoms with Crippen molar-refractivity contribution in [2.75, 3.05) is 6.61 Å². The van der Waals surface area contributed by atoms with E-state index < -0.39 is 23.9 Å². The topological polar surface area (TPSA) is 128 Å². The van der Waals surface area contributed by atoms with Crippen LogP contribution in [0.25, 0.3) is 16.5 Å². The maximum Gasteiger partial charge on any atom is 0.359 e. The van der Waals surface area contributed by atoms with Crippen molar-refractivity contribution in [1.29, 1.82) is 5.26 Å². The molecule has 0 saturated carbocycles. The van der Waals surface area contributed by atoms with Crippen molar-refractivity contribution in [2.45, 2.75) is 6.92 Å². The number of carbonyl (C=O) groups is 2. The Morgan fingerprint density at radius 2 is 1.72 bits per heavy atom. The third kappa shape index (κ3) is 3.89. The highest BCUT2D eigenvalue weighted by Gasteiger charge is 2.21. The summed E-state index contributed by atoms with van der Waals surface area (Å²) in [5.74, 6) is -1.62. The summed E-state index contributed by atoms with van der Waals surface area (Å²) in [5.41, 5.74) is 5.21. The second-order valence-electron chi connectivity index (χ2n) is 6.12. The molecule has 3 rings (SSSR count). The third-order valence-corrected chi connectivity index (χ3v) is 4.12. The number of nitriles is 1. The molecule has 29 heavy (non-hydrogen) atoms. The molecule has 1 aromatic heterocycles. The minimum absolute atomic E-state index is 0.0368. The van der Waals surface area contributed by atoms with Crippen molar-refractivity contribution < 1.29 is 14.3 Å². The number of rotatable bonds is 5. The van der Waals surface area contributed by atoms with Crippen LogP contribution >= 0.6 is 0 Å². The number of esters is 1. The first-order valence-electron chi connectivity index (χ1n) is 8.58. The lowest BCUT2D eigenvalue weighted by atomic mass is 10.1. The van der Waals surface area contributed by atoms with Gasteiger partial charge in [-0.3, -0.25) is 9.59 Å². The number of ketones is 1. The molecule has 0 unspecified atom stereocenters. The Labute approximate surface area is 165 Å². The molecule has 0 amide bonds. The van der Waals surface area contributed by atoms with Crippen LogP contribution in [0.15, 0.2) is 70.7 Å². The first-order valence-corrected chi connectivity index (χ1v) is 8.58. The van der Waals surface area contributed by atoms with Gasteiger partial charge in [0.1, 0.15) is 11.6 Å². The largest absolute Gasteiger partial charge is 0.452 e. The van der Waals surface area contributed by atoms with Gasteiger partial charge >= 0.3 is 5.97 Å². The van der Waals surface area contributed by atoms with Gasteiger partial charge in [-0.2, -0.15) is 15.0 Å². The smallest absolute Gasteiger partial charge is 0.359 e. The average molecular weight is 388 g/mol. The number of nitrogens with two attached hydrogens (primary N) is 1. The second-order valence-corrected chi connectivity index (χ2v) is 6.12.